The second kappa shape index (κ2) is 7.50. The van der Waals surface area contributed by atoms with E-state index >= 15 is 0 Å². The van der Waals surface area contributed by atoms with Crippen molar-refractivity contribution in [2.24, 2.45) is 0 Å². The van der Waals surface area contributed by atoms with Crippen LogP contribution < -0.4 is 5.32 Å². The maximum atomic E-state index is 4.36. The smallest absolute Gasteiger partial charge is 0.137 e. The SMILES string of the molecule is CCC(NCc1ccc(-c2ccnc3[nH]ccc23)cc1)c1ccncc1. The first-order valence-corrected chi connectivity index (χ1v) is 9.00. The van der Waals surface area contributed by atoms with Gasteiger partial charge < -0.3 is 10.3 Å². The van der Waals surface area contributed by atoms with E-state index in [4.69, 9.17) is 0 Å². The van der Waals surface area contributed by atoms with Gasteiger partial charge in [-0.1, -0.05) is 31.2 Å². The van der Waals surface area contributed by atoms with Crippen molar-refractivity contribution in [1.29, 1.82) is 0 Å². The van der Waals surface area contributed by atoms with Gasteiger partial charge in [0.05, 0.1) is 0 Å². The second-order valence-electron chi connectivity index (χ2n) is 6.42. The molecule has 4 rings (SSSR count). The highest BCUT2D eigenvalue weighted by Gasteiger charge is 2.09. The quantitative estimate of drug-likeness (QED) is 0.526. The van der Waals surface area contributed by atoms with Crippen LogP contribution in [0.2, 0.25) is 0 Å². The van der Waals surface area contributed by atoms with Crippen LogP contribution in [-0.4, -0.2) is 15.0 Å². The Kier molecular flexibility index (Phi) is 4.75. The third-order valence-electron chi connectivity index (χ3n) is 4.79. The minimum atomic E-state index is 0.345. The van der Waals surface area contributed by atoms with Crippen LogP contribution in [-0.2, 0) is 6.54 Å². The molecule has 4 heteroatoms. The summed E-state index contributed by atoms with van der Waals surface area (Å²) in [5, 5.41) is 4.80. The summed E-state index contributed by atoms with van der Waals surface area (Å²) in [7, 11) is 0. The van der Waals surface area contributed by atoms with E-state index in [1.165, 1.54) is 22.3 Å². The van der Waals surface area contributed by atoms with Gasteiger partial charge in [0.2, 0.25) is 0 Å². The average Bonchev–Trinajstić information content (AvgIpc) is 3.19. The van der Waals surface area contributed by atoms with Crippen molar-refractivity contribution in [3.8, 4) is 11.1 Å². The molecular formula is C22H22N4. The minimum absolute atomic E-state index is 0.345. The van der Waals surface area contributed by atoms with Crippen molar-refractivity contribution in [2.75, 3.05) is 0 Å². The Morgan fingerprint density at radius 1 is 0.962 bits per heavy atom. The summed E-state index contributed by atoms with van der Waals surface area (Å²) in [5.41, 5.74) is 5.91. The first-order chi connectivity index (χ1) is 12.8. The van der Waals surface area contributed by atoms with Crippen LogP contribution in [0.5, 0.6) is 0 Å². The molecule has 0 radical (unpaired) electrons. The van der Waals surface area contributed by atoms with Crippen LogP contribution in [0.25, 0.3) is 22.2 Å². The summed E-state index contributed by atoms with van der Waals surface area (Å²) >= 11 is 0. The fraction of sp³-hybridized carbons (Fsp3) is 0.182. The molecule has 130 valence electrons. The van der Waals surface area contributed by atoms with E-state index in [1.54, 1.807) is 0 Å². The number of fused-ring (bicyclic) bond motifs is 1. The number of nitrogens with one attached hydrogen (secondary N) is 2. The van der Waals surface area contributed by atoms with Gasteiger partial charge in [0.25, 0.3) is 0 Å². The largest absolute Gasteiger partial charge is 0.346 e. The molecule has 1 atom stereocenters. The normalized spacial score (nSPS) is 12.3. The zero-order chi connectivity index (χ0) is 17.8. The molecule has 0 bridgehead atoms. The van der Waals surface area contributed by atoms with Crippen molar-refractivity contribution in [3.05, 3.63) is 84.4 Å². The Hall–Kier alpha value is -2.98. The molecule has 0 aliphatic rings. The van der Waals surface area contributed by atoms with Crippen LogP contribution in [0.15, 0.2) is 73.3 Å². The molecule has 4 nitrogen and oxygen atoms in total. The van der Waals surface area contributed by atoms with Gasteiger partial charge in [0.15, 0.2) is 0 Å². The van der Waals surface area contributed by atoms with Crippen molar-refractivity contribution in [2.45, 2.75) is 25.9 Å². The lowest BCUT2D eigenvalue weighted by molar-refractivity contribution is 0.518. The van der Waals surface area contributed by atoms with E-state index in [9.17, 15) is 0 Å². The monoisotopic (exact) mass is 342 g/mol. The highest BCUT2D eigenvalue weighted by atomic mass is 14.9. The Bertz CT molecular complexity index is 974. The van der Waals surface area contributed by atoms with E-state index in [-0.39, 0.29) is 0 Å². The Labute approximate surface area is 153 Å². The van der Waals surface area contributed by atoms with Crippen molar-refractivity contribution in [3.63, 3.8) is 0 Å². The van der Waals surface area contributed by atoms with Crippen LogP contribution >= 0.6 is 0 Å². The van der Waals surface area contributed by atoms with Crippen LogP contribution in [0.3, 0.4) is 0 Å². The Morgan fingerprint density at radius 3 is 2.54 bits per heavy atom. The summed E-state index contributed by atoms with van der Waals surface area (Å²) in [6, 6.07) is 17.4. The third kappa shape index (κ3) is 3.37. The molecule has 0 saturated heterocycles. The number of H-pyrrole nitrogens is 1. The van der Waals surface area contributed by atoms with Crippen molar-refractivity contribution in [1.82, 2.24) is 20.3 Å². The standard InChI is InChI=1S/C22H22N4/c1-2-21(18-7-11-23-12-8-18)26-15-16-3-5-17(6-4-16)19-9-13-24-22-20(19)10-14-25-22/h3-14,21,26H,2,15H2,1H3,(H,24,25). The number of aromatic amines is 1. The fourth-order valence-electron chi connectivity index (χ4n) is 3.35. The molecular weight excluding hydrogens is 320 g/mol. The maximum Gasteiger partial charge on any atom is 0.137 e. The lowest BCUT2D eigenvalue weighted by Crippen LogP contribution is -2.20. The zero-order valence-electron chi connectivity index (χ0n) is 14.8. The molecule has 1 aromatic carbocycles. The molecule has 0 fully saturated rings. The zero-order valence-corrected chi connectivity index (χ0v) is 14.8. The van der Waals surface area contributed by atoms with Crippen molar-refractivity contribution < 1.29 is 0 Å². The van der Waals surface area contributed by atoms with Gasteiger partial charge in [-0.2, -0.15) is 0 Å². The number of pyridine rings is 2. The number of hydrogen-bond donors (Lipinski definition) is 2. The number of nitrogens with zero attached hydrogens (tertiary/aromatic N) is 2. The molecule has 0 aliphatic heterocycles. The van der Waals surface area contributed by atoms with Gasteiger partial charge in [-0.05, 0) is 52.9 Å². The lowest BCUT2D eigenvalue weighted by Gasteiger charge is -2.17. The van der Waals surface area contributed by atoms with E-state index < -0.39 is 0 Å². The molecule has 26 heavy (non-hydrogen) atoms. The third-order valence-corrected chi connectivity index (χ3v) is 4.79. The summed E-state index contributed by atoms with van der Waals surface area (Å²) in [6.45, 7) is 3.05. The minimum Gasteiger partial charge on any atom is -0.346 e. The Balaban J connectivity index is 1.49. The molecule has 0 saturated carbocycles. The topological polar surface area (TPSA) is 53.6 Å². The number of benzene rings is 1. The lowest BCUT2D eigenvalue weighted by atomic mass is 10.0. The summed E-state index contributed by atoms with van der Waals surface area (Å²) in [6.07, 6.45) is 8.54. The van der Waals surface area contributed by atoms with E-state index in [1.807, 2.05) is 24.8 Å². The molecule has 3 heterocycles. The summed E-state index contributed by atoms with van der Waals surface area (Å²) < 4.78 is 0. The summed E-state index contributed by atoms with van der Waals surface area (Å²) in [5.74, 6) is 0. The van der Waals surface area contributed by atoms with Gasteiger partial charge in [-0.15, -0.1) is 0 Å². The van der Waals surface area contributed by atoms with Gasteiger partial charge in [0, 0.05) is 42.8 Å². The maximum absolute atomic E-state index is 4.36. The predicted molar refractivity (Wildman–Crippen MR) is 106 cm³/mol. The van der Waals surface area contributed by atoms with Gasteiger partial charge in [-0.3, -0.25) is 4.98 Å². The molecule has 1 unspecified atom stereocenters. The summed E-state index contributed by atoms with van der Waals surface area (Å²) in [4.78, 5) is 11.6. The molecule has 2 N–H and O–H groups in total. The van der Waals surface area contributed by atoms with Gasteiger partial charge in [-0.25, -0.2) is 4.98 Å². The molecule has 0 amide bonds. The second-order valence-corrected chi connectivity index (χ2v) is 6.42. The highest BCUT2D eigenvalue weighted by Crippen LogP contribution is 2.27. The molecule has 0 aliphatic carbocycles. The first kappa shape index (κ1) is 16.5. The van der Waals surface area contributed by atoms with Gasteiger partial charge >= 0.3 is 0 Å². The molecule has 3 aromatic heterocycles. The number of rotatable bonds is 6. The van der Waals surface area contributed by atoms with E-state index in [2.05, 4.69) is 75.7 Å². The number of aromatic nitrogens is 3. The van der Waals surface area contributed by atoms with Crippen LogP contribution in [0.4, 0.5) is 0 Å². The molecule has 4 aromatic rings. The Morgan fingerprint density at radius 2 is 1.77 bits per heavy atom. The van der Waals surface area contributed by atoms with Gasteiger partial charge in [0.1, 0.15) is 5.65 Å². The average molecular weight is 342 g/mol. The van der Waals surface area contributed by atoms with Crippen molar-refractivity contribution >= 4 is 11.0 Å². The highest BCUT2D eigenvalue weighted by molar-refractivity contribution is 5.92. The first-order valence-electron chi connectivity index (χ1n) is 9.00. The van der Waals surface area contributed by atoms with E-state index in [0.29, 0.717) is 6.04 Å². The number of hydrogen-bond acceptors (Lipinski definition) is 3. The predicted octanol–water partition coefficient (Wildman–Crippen LogP) is 4.87. The van der Waals surface area contributed by atoms with Crippen LogP contribution in [0.1, 0.15) is 30.5 Å². The fourth-order valence-corrected chi connectivity index (χ4v) is 3.35. The molecule has 0 spiro atoms. The van der Waals surface area contributed by atoms with E-state index in [0.717, 1.165) is 24.0 Å². The van der Waals surface area contributed by atoms with Crippen LogP contribution in [0, 0.1) is 0 Å².